The van der Waals surface area contributed by atoms with Crippen molar-refractivity contribution in [1.82, 2.24) is 9.80 Å². The molecule has 2 amide bonds. The number of nitrogens with two attached hydrogens (primary N) is 1. The maximum absolute atomic E-state index is 13.0. The summed E-state index contributed by atoms with van der Waals surface area (Å²) in [7, 11) is 3.64. The summed E-state index contributed by atoms with van der Waals surface area (Å²) in [5.74, 6) is -0.856. The lowest BCUT2D eigenvalue weighted by molar-refractivity contribution is -0.141. The fourth-order valence-electron chi connectivity index (χ4n) is 2.85. The SMILES string of the molecule is CN(C)[C@@H](Cc1ccc(F)cc1)C(=O)N1CCC[C@H]1C(N)=O. The molecular weight excluding hydrogens is 285 g/mol. The van der Waals surface area contributed by atoms with Crippen molar-refractivity contribution < 1.29 is 14.0 Å². The minimum atomic E-state index is -0.511. The van der Waals surface area contributed by atoms with Crippen LogP contribution in [0.2, 0.25) is 0 Å². The summed E-state index contributed by atoms with van der Waals surface area (Å²) in [6.45, 7) is 0.556. The Morgan fingerprint density at radius 1 is 1.36 bits per heavy atom. The van der Waals surface area contributed by atoms with Crippen LogP contribution in [0.4, 0.5) is 4.39 Å². The van der Waals surface area contributed by atoms with E-state index in [4.69, 9.17) is 5.73 Å². The van der Waals surface area contributed by atoms with E-state index in [1.54, 1.807) is 17.0 Å². The molecule has 1 aromatic rings. The van der Waals surface area contributed by atoms with Crippen LogP contribution in [0.15, 0.2) is 24.3 Å². The Kier molecular flexibility index (Phi) is 5.13. The molecule has 0 saturated carbocycles. The zero-order valence-electron chi connectivity index (χ0n) is 13.0. The van der Waals surface area contributed by atoms with E-state index >= 15 is 0 Å². The van der Waals surface area contributed by atoms with Crippen LogP contribution in [0.5, 0.6) is 0 Å². The Morgan fingerprint density at radius 3 is 2.55 bits per heavy atom. The molecule has 2 N–H and O–H groups in total. The number of halogens is 1. The molecule has 0 unspecified atom stereocenters. The van der Waals surface area contributed by atoms with Crippen molar-refractivity contribution in [2.45, 2.75) is 31.3 Å². The molecule has 0 aromatic heterocycles. The summed E-state index contributed by atoms with van der Waals surface area (Å²) in [5, 5.41) is 0. The van der Waals surface area contributed by atoms with Gasteiger partial charge in [0.05, 0.1) is 6.04 Å². The molecule has 0 radical (unpaired) electrons. The standard InChI is InChI=1S/C16H22FN3O2/c1-19(2)14(10-11-5-7-12(17)8-6-11)16(22)20-9-3-4-13(20)15(18)21/h5-8,13-14H,3-4,9-10H2,1-2H3,(H2,18,21)/t13-,14-/m0/s1. The Hall–Kier alpha value is -1.95. The van der Waals surface area contributed by atoms with Gasteiger partial charge in [0.1, 0.15) is 11.9 Å². The van der Waals surface area contributed by atoms with Gasteiger partial charge >= 0.3 is 0 Å². The number of amides is 2. The average molecular weight is 307 g/mol. The van der Waals surface area contributed by atoms with Gasteiger partial charge in [-0.25, -0.2) is 4.39 Å². The van der Waals surface area contributed by atoms with E-state index in [0.717, 1.165) is 12.0 Å². The van der Waals surface area contributed by atoms with E-state index < -0.39 is 18.0 Å². The normalized spacial score (nSPS) is 19.5. The predicted octanol–water partition coefficient (Wildman–Crippen LogP) is 0.775. The highest BCUT2D eigenvalue weighted by atomic mass is 19.1. The number of rotatable bonds is 5. The van der Waals surface area contributed by atoms with Crippen LogP contribution in [0.3, 0.4) is 0 Å². The molecule has 1 saturated heterocycles. The van der Waals surface area contributed by atoms with E-state index in [1.807, 2.05) is 19.0 Å². The number of benzene rings is 1. The molecule has 6 heteroatoms. The largest absolute Gasteiger partial charge is 0.368 e. The molecule has 0 aliphatic carbocycles. The summed E-state index contributed by atoms with van der Waals surface area (Å²) >= 11 is 0. The van der Waals surface area contributed by atoms with Crippen LogP contribution in [0.1, 0.15) is 18.4 Å². The van der Waals surface area contributed by atoms with Crippen LogP contribution in [-0.2, 0) is 16.0 Å². The Bertz CT molecular complexity index is 545. The van der Waals surface area contributed by atoms with Crippen molar-refractivity contribution in [2.75, 3.05) is 20.6 Å². The highest BCUT2D eigenvalue weighted by molar-refractivity contribution is 5.89. The van der Waals surface area contributed by atoms with Gasteiger partial charge in [0.15, 0.2) is 0 Å². The van der Waals surface area contributed by atoms with E-state index in [0.29, 0.717) is 19.4 Å². The van der Waals surface area contributed by atoms with Crippen molar-refractivity contribution in [3.63, 3.8) is 0 Å². The molecule has 1 aliphatic heterocycles. The minimum absolute atomic E-state index is 0.101. The van der Waals surface area contributed by atoms with Crippen molar-refractivity contribution >= 4 is 11.8 Å². The van der Waals surface area contributed by atoms with Crippen molar-refractivity contribution in [2.24, 2.45) is 5.73 Å². The highest BCUT2D eigenvalue weighted by Gasteiger charge is 2.36. The number of carbonyl (C=O) groups is 2. The summed E-state index contributed by atoms with van der Waals surface area (Å²) in [4.78, 5) is 27.7. The number of likely N-dealkylation sites (tertiary alicyclic amines) is 1. The third-order valence-corrected chi connectivity index (χ3v) is 4.12. The van der Waals surface area contributed by atoms with Gasteiger partial charge in [0.2, 0.25) is 11.8 Å². The van der Waals surface area contributed by atoms with Gasteiger partial charge in [-0.1, -0.05) is 12.1 Å². The van der Waals surface area contributed by atoms with Gasteiger partial charge in [-0.15, -0.1) is 0 Å². The third kappa shape index (κ3) is 3.62. The van der Waals surface area contributed by atoms with Gasteiger partial charge in [-0.2, -0.15) is 0 Å². The minimum Gasteiger partial charge on any atom is -0.368 e. The van der Waals surface area contributed by atoms with Gasteiger partial charge in [0.25, 0.3) is 0 Å². The second-order valence-corrected chi connectivity index (χ2v) is 5.90. The second kappa shape index (κ2) is 6.87. The topological polar surface area (TPSA) is 66.6 Å². The molecule has 2 rings (SSSR count). The van der Waals surface area contributed by atoms with Crippen LogP contribution in [-0.4, -0.2) is 54.3 Å². The first kappa shape index (κ1) is 16.4. The maximum atomic E-state index is 13.0. The predicted molar refractivity (Wildman–Crippen MR) is 81.5 cm³/mol. The molecule has 1 heterocycles. The smallest absolute Gasteiger partial charge is 0.240 e. The lowest BCUT2D eigenvalue weighted by Crippen LogP contribution is -2.52. The van der Waals surface area contributed by atoms with E-state index in [9.17, 15) is 14.0 Å². The average Bonchev–Trinajstić information content (AvgIpc) is 2.95. The van der Waals surface area contributed by atoms with E-state index in [1.165, 1.54) is 12.1 Å². The van der Waals surface area contributed by atoms with Crippen molar-refractivity contribution in [3.8, 4) is 0 Å². The molecule has 120 valence electrons. The van der Waals surface area contributed by atoms with Gasteiger partial charge in [-0.3, -0.25) is 14.5 Å². The zero-order valence-corrected chi connectivity index (χ0v) is 13.0. The molecule has 1 fully saturated rings. The highest BCUT2D eigenvalue weighted by Crippen LogP contribution is 2.20. The number of carbonyl (C=O) groups excluding carboxylic acids is 2. The molecule has 0 spiro atoms. The van der Waals surface area contributed by atoms with E-state index in [-0.39, 0.29) is 11.7 Å². The third-order valence-electron chi connectivity index (χ3n) is 4.12. The summed E-state index contributed by atoms with van der Waals surface area (Å²) in [6.07, 6.45) is 1.88. The maximum Gasteiger partial charge on any atom is 0.240 e. The molecule has 0 bridgehead atoms. The Balaban J connectivity index is 2.15. The van der Waals surface area contributed by atoms with Gasteiger partial charge < -0.3 is 10.6 Å². The first-order valence-corrected chi connectivity index (χ1v) is 7.41. The number of primary amides is 1. The first-order valence-electron chi connectivity index (χ1n) is 7.41. The Morgan fingerprint density at radius 2 is 2.00 bits per heavy atom. The molecule has 1 aromatic carbocycles. The van der Waals surface area contributed by atoms with Crippen molar-refractivity contribution in [3.05, 3.63) is 35.6 Å². The second-order valence-electron chi connectivity index (χ2n) is 5.90. The molecular formula is C16H22FN3O2. The van der Waals surface area contributed by atoms with Crippen LogP contribution < -0.4 is 5.73 Å². The monoisotopic (exact) mass is 307 g/mol. The lowest BCUT2D eigenvalue weighted by Gasteiger charge is -2.30. The summed E-state index contributed by atoms with van der Waals surface area (Å²) in [5.41, 5.74) is 6.26. The van der Waals surface area contributed by atoms with E-state index in [2.05, 4.69) is 0 Å². The zero-order chi connectivity index (χ0) is 16.3. The number of nitrogens with zero attached hydrogens (tertiary/aromatic N) is 2. The fourth-order valence-corrected chi connectivity index (χ4v) is 2.85. The lowest BCUT2D eigenvalue weighted by atomic mass is 10.0. The van der Waals surface area contributed by atoms with Crippen LogP contribution >= 0.6 is 0 Å². The quantitative estimate of drug-likeness (QED) is 0.874. The summed E-state index contributed by atoms with van der Waals surface area (Å²) in [6, 6.07) is 5.21. The first-order chi connectivity index (χ1) is 10.4. The van der Waals surface area contributed by atoms with Gasteiger partial charge in [0, 0.05) is 6.54 Å². The molecule has 1 aliphatic rings. The van der Waals surface area contributed by atoms with Crippen LogP contribution in [0.25, 0.3) is 0 Å². The van der Waals surface area contributed by atoms with Crippen LogP contribution in [0, 0.1) is 5.82 Å². The Labute approximate surface area is 129 Å². The summed E-state index contributed by atoms with van der Waals surface area (Å²) < 4.78 is 13.0. The fraction of sp³-hybridized carbons (Fsp3) is 0.500. The molecule has 5 nitrogen and oxygen atoms in total. The number of hydrogen-bond donors (Lipinski definition) is 1. The molecule has 2 atom stereocenters. The molecule has 22 heavy (non-hydrogen) atoms. The van der Waals surface area contributed by atoms with Crippen molar-refractivity contribution in [1.29, 1.82) is 0 Å². The number of likely N-dealkylation sites (N-methyl/N-ethyl adjacent to an activating group) is 1. The van der Waals surface area contributed by atoms with Gasteiger partial charge in [-0.05, 0) is 51.1 Å². The number of hydrogen-bond acceptors (Lipinski definition) is 3.